The van der Waals surface area contributed by atoms with E-state index in [1.807, 2.05) is 0 Å². The van der Waals surface area contributed by atoms with Crippen LogP contribution >= 0.6 is 0 Å². The molecule has 0 aromatic heterocycles. The molecule has 8 heavy (non-hydrogen) atoms. The molecule has 0 amide bonds. The van der Waals surface area contributed by atoms with Crippen LogP contribution in [0.5, 0.6) is 0 Å². The molecule has 2 N–H and O–H groups in total. The third-order valence-corrected chi connectivity index (χ3v) is 0.957. The molecule has 2 nitrogen and oxygen atoms in total. The van der Waals surface area contributed by atoms with Crippen LogP contribution < -0.4 is 11.1 Å². The number of rotatable bonds is 5. The highest BCUT2D eigenvalue weighted by molar-refractivity contribution is 4.44. The predicted molar refractivity (Wildman–Crippen MR) is 35.8 cm³/mol. The molecule has 0 aliphatic carbocycles. The lowest BCUT2D eigenvalue weighted by molar-refractivity contribution is 0.634. The number of unbranched alkanes of at least 4 members (excludes halogenated alkanes) is 1. The molecule has 0 unspecified atom stereocenters. The molecule has 0 heterocycles. The lowest BCUT2D eigenvalue weighted by Gasteiger charge is -1.95. The van der Waals surface area contributed by atoms with Crippen molar-refractivity contribution in [1.29, 1.82) is 0 Å². The van der Waals surface area contributed by atoms with E-state index < -0.39 is 0 Å². The van der Waals surface area contributed by atoms with Gasteiger partial charge in [-0.15, -0.1) is 0 Å². The fraction of sp³-hybridized carbons (Fsp3) is 1.00. The van der Waals surface area contributed by atoms with Gasteiger partial charge < -0.3 is 5.73 Å². The Morgan fingerprint density at radius 1 is 1.38 bits per heavy atom. The van der Waals surface area contributed by atoms with E-state index in [4.69, 9.17) is 5.73 Å². The van der Waals surface area contributed by atoms with E-state index in [2.05, 4.69) is 12.2 Å². The first-order valence-corrected chi connectivity index (χ1v) is 3.25. The van der Waals surface area contributed by atoms with E-state index in [1.54, 1.807) is 0 Å². The maximum absolute atomic E-state index is 5.22. The summed E-state index contributed by atoms with van der Waals surface area (Å²) in [6.07, 6.45) is 2.44. The highest BCUT2D eigenvalue weighted by atomic mass is 14.9. The van der Waals surface area contributed by atoms with E-state index in [1.165, 1.54) is 12.8 Å². The first kappa shape index (κ1) is 7.92. The Morgan fingerprint density at radius 3 is 2.62 bits per heavy atom. The van der Waals surface area contributed by atoms with Gasteiger partial charge in [0.05, 0.1) is 0 Å². The van der Waals surface area contributed by atoms with E-state index in [-0.39, 0.29) is 0 Å². The van der Waals surface area contributed by atoms with Crippen LogP contribution in [0.15, 0.2) is 0 Å². The minimum absolute atomic E-state index is 0.698. The van der Waals surface area contributed by atoms with Crippen molar-refractivity contribution < 1.29 is 0 Å². The summed E-state index contributed by atoms with van der Waals surface area (Å²) in [7, 11) is 0. The number of nitrogens with zero attached hydrogens (tertiary/aromatic N) is 1. The van der Waals surface area contributed by atoms with Gasteiger partial charge in [0.15, 0.2) is 0 Å². The topological polar surface area (TPSA) is 40.1 Å². The molecule has 2 heteroatoms. The largest absolute Gasteiger partial charge is 0.329 e. The molecule has 0 aromatic rings. The van der Waals surface area contributed by atoms with Crippen LogP contribution in [-0.4, -0.2) is 19.6 Å². The Hall–Kier alpha value is -0.0800. The lowest BCUT2D eigenvalue weighted by atomic mass is 10.3. The summed E-state index contributed by atoms with van der Waals surface area (Å²) in [6.45, 7) is 4.69. The summed E-state index contributed by atoms with van der Waals surface area (Å²) in [6, 6.07) is 0. The van der Waals surface area contributed by atoms with Crippen LogP contribution in [0.25, 0.3) is 0 Å². The molecule has 0 saturated heterocycles. The van der Waals surface area contributed by atoms with E-state index in [0.717, 1.165) is 13.1 Å². The summed E-state index contributed by atoms with van der Waals surface area (Å²) >= 11 is 0. The fourth-order valence-electron chi connectivity index (χ4n) is 0.473. The second-order valence-electron chi connectivity index (χ2n) is 1.81. The van der Waals surface area contributed by atoms with Crippen molar-refractivity contribution in [3.8, 4) is 0 Å². The van der Waals surface area contributed by atoms with E-state index in [9.17, 15) is 0 Å². The molecule has 0 aliphatic heterocycles. The summed E-state index contributed by atoms with van der Waals surface area (Å²) in [5.74, 6) is 0. The number of nitrogens with two attached hydrogens (primary N) is 1. The molecule has 49 valence electrons. The quantitative estimate of drug-likeness (QED) is 0.516. The van der Waals surface area contributed by atoms with Crippen LogP contribution in [0.2, 0.25) is 0 Å². The lowest BCUT2D eigenvalue weighted by Crippen LogP contribution is -2.16. The Balaban J connectivity index is 2.53. The standard InChI is InChI=1S/C6H15N2/c1-2-3-5-8-6-4-7/h2-7H2,1H3. The Morgan fingerprint density at radius 2 is 2.12 bits per heavy atom. The highest BCUT2D eigenvalue weighted by Crippen LogP contribution is 1.81. The monoisotopic (exact) mass is 115 g/mol. The average molecular weight is 115 g/mol. The zero-order valence-electron chi connectivity index (χ0n) is 5.56. The van der Waals surface area contributed by atoms with Crippen molar-refractivity contribution in [3.63, 3.8) is 0 Å². The van der Waals surface area contributed by atoms with Crippen LogP contribution in [-0.2, 0) is 0 Å². The molecular weight excluding hydrogens is 100 g/mol. The Labute approximate surface area is 51.5 Å². The molecule has 0 spiro atoms. The third-order valence-electron chi connectivity index (χ3n) is 0.957. The fourth-order valence-corrected chi connectivity index (χ4v) is 0.473. The van der Waals surface area contributed by atoms with E-state index in [0.29, 0.717) is 6.54 Å². The summed E-state index contributed by atoms with van der Waals surface area (Å²) in [4.78, 5) is 0. The first-order chi connectivity index (χ1) is 3.91. The summed E-state index contributed by atoms with van der Waals surface area (Å²) < 4.78 is 0. The van der Waals surface area contributed by atoms with Crippen molar-refractivity contribution in [1.82, 2.24) is 5.32 Å². The zero-order valence-corrected chi connectivity index (χ0v) is 5.56. The summed E-state index contributed by atoms with van der Waals surface area (Å²) in [5, 5.41) is 4.15. The molecule has 0 aliphatic rings. The van der Waals surface area contributed by atoms with Crippen molar-refractivity contribution in [2.75, 3.05) is 19.6 Å². The number of hydrogen-bond acceptors (Lipinski definition) is 1. The van der Waals surface area contributed by atoms with Gasteiger partial charge >= 0.3 is 0 Å². The van der Waals surface area contributed by atoms with Gasteiger partial charge in [0.2, 0.25) is 0 Å². The van der Waals surface area contributed by atoms with Gasteiger partial charge in [-0.2, -0.15) is 0 Å². The second kappa shape index (κ2) is 6.92. The first-order valence-electron chi connectivity index (χ1n) is 3.25. The molecule has 1 radical (unpaired) electrons. The molecule has 0 fully saturated rings. The summed E-state index contributed by atoms with van der Waals surface area (Å²) in [5.41, 5.74) is 5.22. The van der Waals surface area contributed by atoms with Crippen LogP contribution in [0.4, 0.5) is 0 Å². The van der Waals surface area contributed by atoms with Gasteiger partial charge in [0.1, 0.15) is 0 Å². The van der Waals surface area contributed by atoms with Crippen molar-refractivity contribution >= 4 is 0 Å². The third kappa shape index (κ3) is 5.92. The minimum atomic E-state index is 0.698. The van der Waals surface area contributed by atoms with Gasteiger partial charge in [-0.05, 0) is 6.42 Å². The maximum Gasteiger partial charge on any atom is 0.0256 e. The normalized spacial score (nSPS) is 9.75. The Kier molecular flexibility index (Phi) is 6.85. The van der Waals surface area contributed by atoms with Gasteiger partial charge in [0.25, 0.3) is 0 Å². The minimum Gasteiger partial charge on any atom is -0.329 e. The zero-order chi connectivity index (χ0) is 6.24. The Bertz CT molecular complexity index is 31.5. The van der Waals surface area contributed by atoms with Crippen LogP contribution in [0.1, 0.15) is 19.8 Å². The van der Waals surface area contributed by atoms with Crippen molar-refractivity contribution in [2.24, 2.45) is 5.73 Å². The van der Waals surface area contributed by atoms with Crippen LogP contribution in [0.3, 0.4) is 0 Å². The van der Waals surface area contributed by atoms with Gasteiger partial charge in [-0.3, -0.25) is 0 Å². The number of hydrogen-bond donors (Lipinski definition) is 1. The van der Waals surface area contributed by atoms with Gasteiger partial charge in [-0.1, -0.05) is 13.3 Å². The molecule has 0 atom stereocenters. The second-order valence-corrected chi connectivity index (χ2v) is 1.81. The maximum atomic E-state index is 5.22. The smallest absolute Gasteiger partial charge is 0.0256 e. The SMILES string of the molecule is CCCC[N]CCN. The van der Waals surface area contributed by atoms with E-state index >= 15 is 0 Å². The molecule has 0 rings (SSSR count). The molecule has 0 saturated carbocycles. The molecule has 0 aromatic carbocycles. The van der Waals surface area contributed by atoms with Gasteiger partial charge in [0, 0.05) is 19.6 Å². The average Bonchev–Trinajstić information content (AvgIpc) is 1.81. The van der Waals surface area contributed by atoms with Crippen molar-refractivity contribution in [3.05, 3.63) is 0 Å². The van der Waals surface area contributed by atoms with Crippen molar-refractivity contribution in [2.45, 2.75) is 19.8 Å². The van der Waals surface area contributed by atoms with Crippen LogP contribution in [0, 0.1) is 0 Å². The highest BCUT2D eigenvalue weighted by Gasteiger charge is 1.82. The molecule has 0 bridgehead atoms. The predicted octanol–water partition coefficient (Wildman–Crippen LogP) is 0.350. The van der Waals surface area contributed by atoms with Gasteiger partial charge in [-0.25, -0.2) is 5.32 Å². The molecular formula is C6H15N2.